The lowest BCUT2D eigenvalue weighted by molar-refractivity contribution is -0.119. The van der Waals surface area contributed by atoms with E-state index in [0.29, 0.717) is 0 Å². The van der Waals surface area contributed by atoms with Crippen molar-refractivity contribution in [2.75, 3.05) is 7.05 Å². The molecule has 1 aromatic rings. The number of hydrogen-bond acceptors (Lipinski definition) is 4. The lowest BCUT2D eigenvalue weighted by Crippen LogP contribution is -2.43. The van der Waals surface area contributed by atoms with Gasteiger partial charge in [0.25, 0.3) is 0 Å². The quantitative estimate of drug-likeness (QED) is 0.747. The minimum absolute atomic E-state index is 0.0200. The fraction of sp³-hybridized carbons (Fsp3) is 0.250. The molecule has 0 heterocycles. The highest BCUT2D eigenvalue weighted by atomic mass is 32.2. The van der Waals surface area contributed by atoms with Crippen LogP contribution in [0.15, 0.2) is 23.1 Å². The van der Waals surface area contributed by atoms with E-state index >= 15 is 0 Å². The Morgan fingerprint density at radius 2 is 1.95 bits per heavy atom. The summed E-state index contributed by atoms with van der Waals surface area (Å²) >= 11 is 0. The van der Waals surface area contributed by atoms with Crippen molar-refractivity contribution in [3.05, 3.63) is 29.6 Å². The van der Waals surface area contributed by atoms with Gasteiger partial charge in [-0.25, -0.2) is 14.0 Å². The molecule has 0 aromatic heterocycles. The summed E-state index contributed by atoms with van der Waals surface area (Å²) in [4.78, 5) is 33.5. The third kappa shape index (κ3) is 4.09. The zero-order chi connectivity index (χ0) is 16.2. The second-order valence-electron chi connectivity index (χ2n) is 3.95. The summed E-state index contributed by atoms with van der Waals surface area (Å²) in [7, 11) is -0.625. The smallest absolute Gasteiger partial charge is 0.338 e. The molecule has 0 aliphatic rings. The van der Waals surface area contributed by atoms with Crippen molar-refractivity contribution in [1.82, 2.24) is 10.6 Å². The summed E-state index contributed by atoms with van der Waals surface area (Å²) in [5.74, 6) is -3.27. The summed E-state index contributed by atoms with van der Waals surface area (Å²) in [5.41, 5.74) is -0.639. The largest absolute Gasteiger partial charge is 0.478 e. The van der Waals surface area contributed by atoms with Crippen LogP contribution in [0.3, 0.4) is 0 Å². The van der Waals surface area contributed by atoms with Crippen molar-refractivity contribution in [3.8, 4) is 0 Å². The minimum atomic E-state index is -1.93. The van der Waals surface area contributed by atoms with Gasteiger partial charge in [-0.2, -0.15) is 0 Å². The van der Waals surface area contributed by atoms with Crippen LogP contribution in [0.2, 0.25) is 0 Å². The molecule has 114 valence electrons. The number of carbonyl (C=O) groups is 3. The van der Waals surface area contributed by atoms with E-state index in [4.69, 9.17) is 5.11 Å². The van der Waals surface area contributed by atoms with Crippen LogP contribution in [0.5, 0.6) is 0 Å². The number of carboxylic acids is 1. The molecule has 21 heavy (non-hydrogen) atoms. The van der Waals surface area contributed by atoms with Crippen LogP contribution in [0.25, 0.3) is 0 Å². The van der Waals surface area contributed by atoms with E-state index in [1.54, 1.807) is 0 Å². The van der Waals surface area contributed by atoms with E-state index < -0.39 is 45.3 Å². The monoisotopic (exact) mass is 316 g/mol. The number of aromatic carboxylic acids is 1. The molecule has 0 aliphatic carbocycles. The first-order chi connectivity index (χ1) is 9.77. The van der Waals surface area contributed by atoms with Crippen LogP contribution in [-0.2, 0) is 15.6 Å². The van der Waals surface area contributed by atoms with Crippen molar-refractivity contribution >= 4 is 28.7 Å². The van der Waals surface area contributed by atoms with Crippen LogP contribution in [-0.4, -0.2) is 39.5 Å². The van der Waals surface area contributed by atoms with Crippen molar-refractivity contribution in [1.29, 1.82) is 0 Å². The van der Waals surface area contributed by atoms with Crippen molar-refractivity contribution in [2.45, 2.75) is 17.1 Å². The molecule has 3 N–H and O–H groups in total. The summed E-state index contributed by atoms with van der Waals surface area (Å²) in [6.45, 7) is 1.30. The van der Waals surface area contributed by atoms with Gasteiger partial charge in [0.15, 0.2) is 0 Å². The van der Waals surface area contributed by atoms with E-state index in [2.05, 4.69) is 5.32 Å². The Kier molecular flexibility index (Phi) is 5.53. The predicted octanol–water partition coefficient (Wildman–Crippen LogP) is 0.476. The molecule has 0 fully saturated rings. The normalized spacial score (nSPS) is 13.1. The van der Waals surface area contributed by atoms with Gasteiger partial charge in [-0.3, -0.25) is 14.3 Å². The van der Waals surface area contributed by atoms with E-state index in [-0.39, 0.29) is 4.90 Å². The molecule has 3 amide bonds. The Morgan fingerprint density at radius 3 is 2.48 bits per heavy atom. The molecular formula is C12H13FN2O5S. The number of rotatable bonds is 4. The topological polar surface area (TPSA) is 113 Å². The third-order valence-corrected chi connectivity index (χ3v) is 4.13. The highest BCUT2D eigenvalue weighted by Crippen LogP contribution is 2.16. The first-order valence-electron chi connectivity index (χ1n) is 5.74. The Bertz CT molecular complexity index is 620. The molecule has 0 saturated heterocycles. The third-order valence-electron chi connectivity index (χ3n) is 2.55. The van der Waals surface area contributed by atoms with Crippen LogP contribution in [0, 0.1) is 5.82 Å². The van der Waals surface area contributed by atoms with E-state index in [9.17, 15) is 23.0 Å². The van der Waals surface area contributed by atoms with Crippen LogP contribution in [0.4, 0.5) is 9.18 Å². The van der Waals surface area contributed by atoms with Gasteiger partial charge in [0.2, 0.25) is 5.91 Å². The molecule has 9 heteroatoms. The molecule has 2 unspecified atom stereocenters. The maximum atomic E-state index is 13.2. The maximum absolute atomic E-state index is 13.2. The van der Waals surface area contributed by atoms with Gasteiger partial charge < -0.3 is 10.4 Å². The second-order valence-corrected chi connectivity index (χ2v) is 5.73. The fourth-order valence-electron chi connectivity index (χ4n) is 1.37. The van der Waals surface area contributed by atoms with Crippen molar-refractivity contribution in [3.63, 3.8) is 0 Å². The Morgan fingerprint density at radius 1 is 1.33 bits per heavy atom. The van der Waals surface area contributed by atoms with E-state index in [0.717, 1.165) is 18.2 Å². The summed E-state index contributed by atoms with van der Waals surface area (Å²) in [6, 6.07) is 2.13. The number of benzene rings is 1. The highest BCUT2D eigenvalue weighted by Gasteiger charge is 2.24. The maximum Gasteiger partial charge on any atom is 0.338 e. The van der Waals surface area contributed by atoms with Gasteiger partial charge in [-0.05, 0) is 25.1 Å². The molecule has 0 radical (unpaired) electrons. The van der Waals surface area contributed by atoms with Gasteiger partial charge in [0, 0.05) is 11.9 Å². The van der Waals surface area contributed by atoms with Crippen LogP contribution >= 0.6 is 0 Å². The number of amides is 3. The first-order valence-corrected chi connectivity index (χ1v) is 6.95. The average Bonchev–Trinajstić information content (AvgIpc) is 2.45. The Labute approximate surface area is 122 Å². The molecule has 0 bridgehead atoms. The average molecular weight is 316 g/mol. The predicted molar refractivity (Wildman–Crippen MR) is 71.8 cm³/mol. The van der Waals surface area contributed by atoms with E-state index in [1.807, 2.05) is 5.32 Å². The number of hydrogen-bond donors (Lipinski definition) is 3. The number of nitrogens with one attached hydrogen (secondary N) is 2. The number of carbonyl (C=O) groups excluding carboxylic acids is 2. The SMILES string of the molecule is CNC(=O)NC(=O)C(C)S(=O)c1ccc(F)c(C(=O)O)c1. The molecular weight excluding hydrogens is 303 g/mol. The Balaban J connectivity index is 2.98. The first kappa shape index (κ1) is 16.8. The molecule has 0 aliphatic heterocycles. The highest BCUT2D eigenvalue weighted by molar-refractivity contribution is 7.86. The standard InChI is InChI=1S/C12H13FN2O5S/c1-6(10(16)15-12(19)14-2)21(20)7-3-4-9(13)8(5-7)11(17)18/h3-6H,1-2H3,(H,17,18)(H2,14,15,16,19). The van der Waals surface area contributed by atoms with Gasteiger partial charge in [-0.1, -0.05) is 0 Å². The summed E-state index contributed by atoms with van der Waals surface area (Å²) in [6.07, 6.45) is 0. The molecule has 7 nitrogen and oxygen atoms in total. The van der Waals surface area contributed by atoms with Crippen molar-refractivity contribution in [2.24, 2.45) is 0 Å². The van der Waals surface area contributed by atoms with Gasteiger partial charge in [0.05, 0.1) is 16.4 Å². The second kappa shape index (κ2) is 6.93. The number of urea groups is 1. The number of imide groups is 1. The number of halogens is 1. The van der Waals surface area contributed by atoms with Gasteiger partial charge in [-0.15, -0.1) is 0 Å². The lowest BCUT2D eigenvalue weighted by Gasteiger charge is -2.11. The van der Waals surface area contributed by atoms with Crippen LogP contribution < -0.4 is 10.6 Å². The van der Waals surface area contributed by atoms with Gasteiger partial charge >= 0.3 is 12.0 Å². The summed E-state index contributed by atoms with van der Waals surface area (Å²) in [5, 5.41) is 11.8. The zero-order valence-electron chi connectivity index (χ0n) is 11.2. The lowest BCUT2D eigenvalue weighted by atomic mass is 10.2. The summed E-state index contributed by atoms with van der Waals surface area (Å²) < 4.78 is 25.4. The van der Waals surface area contributed by atoms with Crippen LogP contribution in [0.1, 0.15) is 17.3 Å². The molecule has 2 atom stereocenters. The fourth-order valence-corrected chi connectivity index (χ4v) is 2.47. The molecule has 1 aromatic carbocycles. The number of carboxylic acid groups (broad SMARTS) is 1. The van der Waals surface area contributed by atoms with Gasteiger partial charge in [0.1, 0.15) is 11.1 Å². The van der Waals surface area contributed by atoms with Crippen molar-refractivity contribution < 1.29 is 28.1 Å². The molecule has 1 rings (SSSR count). The molecule has 0 saturated carbocycles. The minimum Gasteiger partial charge on any atom is -0.478 e. The zero-order valence-corrected chi connectivity index (χ0v) is 12.0. The Hall–Kier alpha value is -2.29. The van der Waals surface area contributed by atoms with E-state index in [1.165, 1.54) is 14.0 Å². The molecule has 0 spiro atoms.